The van der Waals surface area contributed by atoms with Gasteiger partial charge in [-0.1, -0.05) is 41.1 Å². The van der Waals surface area contributed by atoms with Gasteiger partial charge in [0.15, 0.2) is 16.6 Å². The number of rotatable bonds is 3. The molecule has 0 aliphatic carbocycles. The van der Waals surface area contributed by atoms with Crippen molar-refractivity contribution in [3.8, 4) is 11.5 Å². The Hall–Kier alpha value is -2.31. The first kappa shape index (κ1) is 15.2. The number of anilines is 1. The van der Waals surface area contributed by atoms with Crippen molar-refractivity contribution in [2.45, 2.75) is 6.42 Å². The van der Waals surface area contributed by atoms with Crippen molar-refractivity contribution in [1.82, 2.24) is 4.98 Å². The Bertz CT molecular complexity index is 882. The molecule has 1 aliphatic heterocycles. The van der Waals surface area contributed by atoms with Gasteiger partial charge in [0.05, 0.1) is 16.6 Å². The molecule has 0 saturated carbocycles. The monoisotopic (exact) mass is 360 g/mol. The largest absolute Gasteiger partial charge is 0.486 e. The normalized spacial score (nSPS) is 13.0. The number of carbonyl (C=O) groups is 1. The number of benzene rings is 2. The van der Waals surface area contributed by atoms with E-state index in [-0.39, 0.29) is 12.3 Å². The molecule has 0 spiro atoms. The smallest absolute Gasteiger partial charge is 0.230 e. The lowest BCUT2D eigenvalue weighted by Gasteiger charge is -2.17. The number of carbonyl (C=O) groups excluding carboxylic acids is 1. The molecule has 1 N–H and O–H groups in total. The van der Waals surface area contributed by atoms with Gasteiger partial charge in [-0.25, -0.2) is 4.98 Å². The molecule has 1 aliphatic rings. The molecule has 0 fully saturated rings. The SMILES string of the molecule is O=C(Cc1ccccc1Cl)Nc1nc2cc3c(cc2s1)OCCO3. The van der Waals surface area contributed by atoms with Gasteiger partial charge in [-0.05, 0) is 11.6 Å². The first-order valence-corrected chi connectivity index (χ1v) is 8.62. The van der Waals surface area contributed by atoms with Crippen LogP contribution in [-0.2, 0) is 11.2 Å². The molecule has 0 unspecified atom stereocenters. The van der Waals surface area contributed by atoms with E-state index in [1.54, 1.807) is 6.07 Å². The minimum absolute atomic E-state index is 0.153. The molecule has 5 nitrogen and oxygen atoms in total. The summed E-state index contributed by atoms with van der Waals surface area (Å²) in [6, 6.07) is 11.0. The second-order valence-electron chi connectivity index (χ2n) is 5.30. The van der Waals surface area contributed by atoms with Crippen LogP contribution in [0.2, 0.25) is 5.02 Å². The summed E-state index contributed by atoms with van der Waals surface area (Å²) in [5.41, 5.74) is 1.56. The van der Waals surface area contributed by atoms with Gasteiger partial charge in [-0.3, -0.25) is 4.79 Å². The molecular weight excluding hydrogens is 348 g/mol. The van der Waals surface area contributed by atoms with E-state index in [0.29, 0.717) is 34.9 Å². The van der Waals surface area contributed by atoms with E-state index in [1.165, 1.54) is 11.3 Å². The van der Waals surface area contributed by atoms with Crippen molar-refractivity contribution in [3.63, 3.8) is 0 Å². The molecule has 2 aromatic carbocycles. The summed E-state index contributed by atoms with van der Waals surface area (Å²) in [6.45, 7) is 1.07. The molecule has 0 radical (unpaired) electrons. The van der Waals surface area contributed by atoms with Gasteiger partial charge in [0.2, 0.25) is 5.91 Å². The van der Waals surface area contributed by atoms with Crippen molar-refractivity contribution >= 4 is 44.2 Å². The Labute approximate surface area is 147 Å². The van der Waals surface area contributed by atoms with Gasteiger partial charge < -0.3 is 14.8 Å². The number of nitrogens with zero attached hydrogens (tertiary/aromatic N) is 1. The number of amides is 1. The van der Waals surface area contributed by atoms with E-state index in [2.05, 4.69) is 10.3 Å². The van der Waals surface area contributed by atoms with Crippen LogP contribution in [0, 0.1) is 0 Å². The third kappa shape index (κ3) is 3.02. The van der Waals surface area contributed by atoms with Crippen molar-refractivity contribution in [2.75, 3.05) is 18.5 Å². The van der Waals surface area contributed by atoms with E-state index in [4.69, 9.17) is 21.1 Å². The number of thiazole rings is 1. The second-order valence-corrected chi connectivity index (χ2v) is 6.74. The third-order valence-corrected chi connectivity index (χ3v) is 4.91. The molecule has 1 amide bonds. The van der Waals surface area contributed by atoms with Crippen LogP contribution in [0.15, 0.2) is 36.4 Å². The minimum atomic E-state index is -0.153. The van der Waals surface area contributed by atoms with Crippen LogP contribution in [0.1, 0.15) is 5.56 Å². The highest BCUT2D eigenvalue weighted by atomic mass is 35.5. The van der Waals surface area contributed by atoms with Crippen LogP contribution < -0.4 is 14.8 Å². The van der Waals surface area contributed by atoms with E-state index >= 15 is 0 Å². The highest BCUT2D eigenvalue weighted by Gasteiger charge is 2.16. The molecular formula is C17H13ClN2O3S. The fourth-order valence-electron chi connectivity index (χ4n) is 2.50. The predicted molar refractivity (Wildman–Crippen MR) is 94.4 cm³/mol. The Morgan fingerprint density at radius 3 is 2.75 bits per heavy atom. The fraction of sp³-hybridized carbons (Fsp3) is 0.176. The van der Waals surface area contributed by atoms with E-state index < -0.39 is 0 Å². The first-order valence-electron chi connectivity index (χ1n) is 7.42. The summed E-state index contributed by atoms with van der Waals surface area (Å²) in [4.78, 5) is 16.7. The standard InChI is InChI=1S/C17H13ClN2O3S/c18-11-4-2-1-3-10(11)7-16(21)20-17-19-12-8-13-14(9-15(12)24-17)23-6-5-22-13/h1-4,8-9H,5-7H2,(H,19,20,21). The second kappa shape index (κ2) is 6.30. The molecule has 0 saturated heterocycles. The number of fused-ring (bicyclic) bond motifs is 2. The Kier molecular flexibility index (Phi) is 4.00. The number of aromatic nitrogens is 1. The van der Waals surface area contributed by atoms with E-state index in [1.807, 2.05) is 30.3 Å². The van der Waals surface area contributed by atoms with Crippen LogP contribution >= 0.6 is 22.9 Å². The summed E-state index contributed by atoms with van der Waals surface area (Å²) in [5.74, 6) is 1.25. The van der Waals surface area contributed by atoms with Crippen molar-refractivity contribution in [1.29, 1.82) is 0 Å². The van der Waals surface area contributed by atoms with Crippen LogP contribution in [-0.4, -0.2) is 24.1 Å². The van der Waals surface area contributed by atoms with Crippen molar-refractivity contribution in [3.05, 3.63) is 47.0 Å². The van der Waals surface area contributed by atoms with Crippen LogP contribution in [0.4, 0.5) is 5.13 Å². The zero-order chi connectivity index (χ0) is 16.5. The lowest BCUT2D eigenvalue weighted by atomic mass is 10.1. The maximum Gasteiger partial charge on any atom is 0.230 e. The lowest BCUT2D eigenvalue weighted by molar-refractivity contribution is -0.115. The van der Waals surface area contributed by atoms with Gasteiger partial charge in [0.25, 0.3) is 0 Å². The highest BCUT2D eigenvalue weighted by molar-refractivity contribution is 7.22. The minimum Gasteiger partial charge on any atom is -0.486 e. The Morgan fingerprint density at radius 1 is 1.21 bits per heavy atom. The van der Waals surface area contributed by atoms with Crippen LogP contribution in [0.5, 0.6) is 11.5 Å². The zero-order valence-electron chi connectivity index (χ0n) is 12.5. The van der Waals surface area contributed by atoms with Gasteiger partial charge in [-0.2, -0.15) is 0 Å². The molecule has 3 aromatic rings. The number of hydrogen-bond donors (Lipinski definition) is 1. The lowest BCUT2D eigenvalue weighted by Crippen LogP contribution is -2.15. The fourth-order valence-corrected chi connectivity index (χ4v) is 3.59. The summed E-state index contributed by atoms with van der Waals surface area (Å²) in [6.07, 6.45) is 0.207. The molecule has 24 heavy (non-hydrogen) atoms. The number of hydrogen-bond acceptors (Lipinski definition) is 5. The molecule has 2 heterocycles. The maximum absolute atomic E-state index is 12.2. The first-order chi connectivity index (χ1) is 11.7. The average Bonchev–Trinajstić information content (AvgIpc) is 2.95. The van der Waals surface area contributed by atoms with Gasteiger partial charge in [0, 0.05) is 17.2 Å². The third-order valence-electron chi connectivity index (χ3n) is 3.61. The van der Waals surface area contributed by atoms with E-state index in [9.17, 15) is 4.79 Å². The Morgan fingerprint density at radius 2 is 1.96 bits per heavy atom. The Balaban J connectivity index is 1.54. The molecule has 4 rings (SSSR count). The quantitative estimate of drug-likeness (QED) is 0.769. The van der Waals surface area contributed by atoms with Gasteiger partial charge >= 0.3 is 0 Å². The van der Waals surface area contributed by atoms with Crippen molar-refractivity contribution in [2.24, 2.45) is 0 Å². The summed E-state index contributed by atoms with van der Waals surface area (Å²) in [7, 11) is 0. The molecule has 122 valence electrons. The maximum atomic E-state index is 12.2. The highest BCUT2D eigenvalue weighted by Crippen LogP contribution is 2.37. The summed E-state index contributed by atoms with van der Waals surface area (Å²) < 4.78 is 12.1. The van der Waals surface area contributed by atoms with Gasteiger partial charge in [0.1, 0.15) is 13.2 Å². The zero-order valence-corrected chi connectivity index (χ0v) is 14.1. The van der Waals surface area contributed by atoms with Crippen LogP contribution in [0.25, 0.3) is 10.2 Å². The summed E-state index contributed by atoms with van der Waals surface area (Å²) >= 11 is 7.49. The number of ether oxygens (including phenoxy) is 2. The number of nitrogens with one attached hydrogen (secondary N) is 1. The van der Waals surface area contributed by atoms with Gasteiger partial charge in [-0.15, -0.1) is 0 Å². The van der Waals surface area contributed by atoms with Crippen LogP contribution in [0.3, 0.4) is 0 Å². The molecule has 0 bridgehead atoms. The molecule has 0 atom stereocenters. The molecule has 7 heteroatoms. The van der Waals surface area contributed by atoms with E-state index in [0.717, 1.165) is 15.8 Å². The predicted octanol–water partition coefficient (Wildman–Crippen LogP) is 3.90. The average molecular weight is 361 g/mol. The topological polar surface area (TPSA) is 60.5 Å². The molecule has 1 aromatic heterocycles. The summed E-state index contributed by atoms with van der Waals surface area (Å²) in [5, 5.41) is 3.95. The van der Waals surface area contributed by atoms with Crippen molar-refractivity contribution < 1.29 is 14.3 Å². The number of halogens is 1.